The molecule has 4 unspecified atom stereocenters. The molecular weight excluding hydrogens is 345 g/mol. The second-order valence-electron chi connectivity index (χ2n) is 9.59. The van der Waals surface area contributed by atoms with E-state index in [-0.39, 0.29) is 5.92 Å². The van der Waals surface area contributed by atoms with Gasteiger partial charge in [-0.15, -0.1) is 0 Å². The molecule has 0 amide bonds. The number of fused-ring (bicyclic) bond motifs is 1. The lowest BCUT2D eigenvalue weighted by Crippen LogP contribution is -2.34. The normalized spacial score (nSPS) is 37.0. The van der Waals surface area contributed by atoms with Gasteiger partial charge in [0.1, 0.15) is 0 Å². The summed E-state index contributed by atoms with van der Waals surface area (Å²) in [5.41, 5.74) is 0.657. The van der Waals surface area contributed by atoms with Gasteiger partial charge in [0.05, 0.1) is 0 Å². The van der Waals surface area contributed by atoms with Crippen LogP contribution in [0.2, 0.25) is 0 Å². The Hall–Kier alpha value is -0.990. The summed E-state index contributed by atoms with van der Waals surface area (Å²) in [6, 6.07) is 2.45. The highest BCUT2D eigenvalue weighted by atomic mass is 19.2. The van der Waals surface area contributed by atoms with Crippen LogP contribution < -0.4 is 0 Å². The van der Waals surface area contributed by atoms with Gasteiger partial charge in [-0.05, 0) is 105 Å². The van der Waals surface area contributed by atoms with Gasteiger partial charge < -0.3 is 0 Å². The predicted molar refractivity (Wildman–Crippen MR) is 103 cm³/mol. The molecule has 3 heteroatoms. The first-order valence-corrected chi connectivity index (χ1v) is 11.2. The van der Waals surface area contributed by atoms with Gasteiger partial charge in [-0.1, -0.05) is 26.2 Å². The van der Waals surface area contributed by atoms with Gasteiger partial charge in [0, 0.05) is 0 Å². The summed E-state index contributed by atoms with van der Waals surface area (Å²) in [6.07, 6.45) is 14.2. The third-order valence-corrected chi connectivity index (χ3v) is 8.27. The minimum Gasteiger partial charge on any atom is -0.204 e. The van der Waals surface area contributed by atoms with Crippen molar-refractivity contribution in [1.29, 1.82) is 0 Å². The van der Waals surface area contributed by atoms with Crippen LogP contribution in [0.3, 0.4) is 0 Å². The van der Waals surface area contributed by atoms with E-state index in [0.717, 1.165) is 42.9 Å². The highest BCUT2D eigenvalue weighted by Gasteiger charge is 2.39. The topological polar surface area (TPSA) is 0 Å². The third-order valence-electron chi connectivity index (χ3n) is 8.27. The van der Waals surface area contributed by atoms with Crippen molar-refractivity contribution in [3.8, 4) is 0 Å². The van der Waals surface area contributed by atoms with E-state index >= 15 is 0 Å². The first kappa shape index (κ1) is 19.3. The fourth-order valence-corrected chi connectivity index (χ4v) is 6.54. The highest BCUT2D eigenvalue weighted by Crippen LogP contribution is 2.51. The summed E-state index contributed by atoms with van der Waals surface area (Å²) in [6.45, 7) is 2.33. The number of hydrogen-bond donors (Lipinski definition) is 0. The van der Waals surface area contributed by atoms with Crippen molar-refractivity contribution >= 4 is 0 Å². The number of hydrogen-bond acceptors (Lipinski definition) is 0. The molecule has 0 heterocycles. The monoisotopic (exact) mass is 378 g/mol. The Morgan fingerprint density at radius 1 is 0.704 bits per heavy atom. The van der Waals surface area contributed by atoms with Crippen LogP contribution in [0, 0.1) is 47.0 Å². The molecule has 1 aromatic rings. The van der Waals surface area contributed by atoms with Crippen molar-refractivity contribution < 1.29 is 13.2 Å². The van der Waals surface area contributed by atoms with E-state index in [1.54, 1.807) is 0 Å². The molecule has 3 saturated carbocycles. The second kappa shape index (κ2) is 8.17. The minimum absolute atomic E-state index is 0.187. The Morgan fingerprint density at radius 2 is 1.22 bits per heavy atom. The van der Waals surface area contributed by atoms with Crippen molar-refractivity contribution in [1.82, 2.24) is 0 Å². The zero-order chi connectivity index (χ0) is 19.0. The molecule has 150 valence electrons. The molecule has 1 aromatic carbocycles. The summed E-state index contributed by atoms with van der Waals surface area (Å²) in [7, 11) is 0. The first-order chi connectivity index (χ1) is 13.0. The summed E-state index contributed by atoms with van der Waals surface area (Å²) < 4.78 is 40.5. The van der Waals surface area contributed by atoms with E-state index in [2.05, 4.69) is 6.92 Å². The molecule has 4 rings (SSSR count). The second-order valence-corrected chi connectivity index (χ2v) is 9.59. The van der Waals surface area contributed by atoms with E-state index in [1.807, 2.05) is 0 Å². The minimum atomic E-state index is -1.34. The molecule has 3 fully saturated rings. The van der Waals surface area contributed by atoms with Crippen LogP contribution in [-0.2, 0) is 0 Å². The maximum atomic E-state index is 13.6. The molecule has 0 N–H and O–H groups in total. The number of benzene rings is 1. The Balaban J connectivity index is 1.35. The number of halogens is 3. The van der Waals surface area contributed by atoms with Gasteiger partial charge in [0.25, 0.3) is 0 Å². The zero-order valence-corrected chi connectivity index (χ0v) is 16.5. The van der Waals surface area contributed by atoms with Crippen LogP contribution in [-0.4, -0.2) is 0 Å². The predicted octanol–water partition coefficient (Wildman–Crippen LogP) is 7.62. The molecule has 0 spiro atoms. The lowest BCUT2D eigenvalue weighted by molar-refractivity contribution is 0.0715. The standard InChI is InChI=1S/C24H33F3/c1-2-15-3-5-16(6-4-15)17-7-8-19-12-20(10-9-18(19)11-17)21-13-22(25)24(27)23(26)14-21/h13-20H,2-12H2,1H3. The summed E-state index contributed by atoms with van der Waals surface area (Å²) in [5, 5.41) is 0. The van der Waals surface area contributed by atoms with Gasteiger partial charge in [-0.25, -0.2) is 13.2 Å². The highest BCUT2D eigenvalue weighted by molar-refractivity contribution is 5.24. The molecule has 3 aliphatic rings. The molecular formula is C24H33F3. The van der Waals surface area contributed by atoms with Gasteiger partial charge in [-0.3, -0.25) is 0 Å². The van der Waals surface area contributed by atoms with Crippen LogP contribution >= 0.6 is 0 Å². The third kappa shape index (κ3) is 4.07. The molecule has 0 nitrogen and oxygen atoms in total. The van der Waals surface area contributed by atoms with Gasteiger partial charge in [0.15, 0.2) is 17.5 Å². The van der Waals surface area contributed by atoms with E-state index in [4.69, 9.17) is 0 Å². The molecule has 0 aliphatic heterocycles. The SMILES string of the molecule is CCC1CCC(C2CCC3CC(c4cc(F)c(F)c(F)c4)CCC3C2)CC1. The molecule has 4 atom stereocenters. The molecule has 0 radical (unpaired) electrons. The Bertz CT molecular complexity index is 624. The maximum Gasteiger partial charge on any atom is 0.194 e. The molecule has 0 saturated heterocycles. The van der Waals surface area contributed by atoms with Gasteiger partial charge in [0.2, 0.25) is 0 Å². The average molecular weight is 379 g/mol. The quantitative estimate of drug-likeness (QED) is 0.475. The summed E-state index contributed by atoms with van der Waals surface area (Å²) >= 11 is 0. The molecule has 27 heavy (non-hydrogen) atoms. The van der Waals surface area contributed by atoms with Crippen LogP contribution in [0.4, 0.5) is 13.2 Å². The van der Waals surface area contributed by atoms with Crippen molar-refractivity contribution in [3.05, 3.63) is 35.1 Å². The fourth-order valence-electron chi connectivity index (χ4n) is 6.54. The molecule has 0 aromatic heterocycles. The lowest BCUT2D eigenvalue weighted by atomic mass is 9.60. The van der Waals surface area contributed by atoms with Crippen molar-refractivity contribution in [2.75, 3.05) is 0 Å². The molecule has 0 bridgehead atoms. The lowest BCUT2D eigenvalue weighted by Gasteiger charge is -2.45. The van der Waals surface area contributed by atoms with Crippen molar-refractivity contribution in [2.45, 2.75) is 83.5 Å². The average Bonchev–Trinajstić information content (AvgIpc) is 2.71. The van der Waals surface area contributed by atoms with Crippen LogP contribution in [0.15, 0.2) is 12.1 Å². The van der Waals surface area contributed by atoms with E-state index in [1.165, 1.54) is 63.5 Å². The maximum absolute atomic E-state index is 13.6. The smallest absolute Gasteiger partial charge is 0.194 e. The van der Waals surface area contributed by atoms with Gasteiger partial charge >= 0.3 is 0 Å². The van der Waals surface area contributed by atoms with Gasteiger partial charge in [-0.2, -0.15) is 0 Å². The Kier molecular flexibility index (Phi) is 5.85. The zero-order valence-electron chi connectivity index (χ0n) is 16.5. The van der Waals surface area contributed by atoms with E-state index < -0.39 is 17.5 Å². The van der Waals surface area contributed by atoms with Crippen LogP contribution in [0.25, 0.3) is 0 Å². The van der Waals surface area contributed by atoms with Crippen LogP contribution in [0.5, 0.6) is 0 Å². The molecule has 3 aliphatic carbocycles. The van der Waals surface area contributed by atoms with E-state index in [0.29, 0.717) is 11.5 Å². The van der Waals surface area contributed by atoms with E-state index in [9.17, 15) is 13.2 Å². The number of rotatable bonds is 3. The summed E-state index contributed by atoms with van der Waals surface area (Å²) in [5.74, 6) is 1.04. The Labute approximate surface area is 161 Å². The van der Waals surface area contributed by atoms with Crippen molar-refractivity contribution in [2.24, 2.45) is 29.6 Å². The first-order valence-electron chi connectivity index (χ1n) is 11.2. The Morgan fingerprint density at radius 3 is 1.85 bits per heavy atom. The van der Waals surface area contributed by atoms with Crippen LogP contribution in [0.1, 0.15) is 89.0 Å². The fraction of sp³-hybridized carbons (Fsp3) is 0.750. The largest absolute Gasteiger partial charge is 0.204 e. The summed E-state index contributed by atoms with van der Waals surface area (Å²) in [4.78, 5) is 0. The van der Waals surface area contributed by atoms with Crippen molar-refractivity contribution in [3.63, 3.8) is 0 Å².